The molecule has 2 heteroatoms. The lowest BCUT2D eigenvalue weighted by Gasteiger charge is -2.39. The molecule has 2 nitrogen and oxygen atoms in total. The Morgan fingerprint density at radius 2 is 1.94 bits per heavy atom. The van der Waals surface area contributed by atoms with Crippen molar-refractivity contribution in [2.24, 2.45) is 11.3 Å². The zero-order valence-corrected chi connectivity index (χ0v) is 12.3. The van der Waals surface area contributed by atoms with Crippen molar-refractivity contribution >= 4 is 0 Å². The van der Waals surface area contributed by atoms with E-state index >= 15 is 0 Å². The van der Waals surface area contributed by atoms with Crippen molar-refractivity contribution in [1.29, 1.82) is 0 Å². The molecule has 0 bridgehead atoms. The molecule has 1 aliphatic carbocycles. The highest BCUT2D eigenvalue weighted by Gasteiger charge is 2.43. The van der Waals surface area contributed by atoms with Crippen molar-refractivity contribution in [2.75, 3.05) is 19.8 Å². The van der Waals surface area contributed by atoms with Crippen LogP contribution in [0, 0.1) is 11.3 Å². The third-order valence-corrected chi connectivity index (χ3v) is 4.99. The number of ether oxygens (including phenoxy) is 1. The number of rotatable bonds is 6. The van der Waals surface area contributed by atoms with Crippen LogP contribution in [0.15, 0.2) is 0 Å². The lowest BCUT2D eigenvalue weighted by Crippen LogP contribution is -2.45. The quantitative estimate of drug-likeness (QED) is 0.728. The van der Waals surface area contributed by atoms with Gasteiger partial charge in [0.05, 0.1) is 0 Å². The van der Waals surface area contributed by atoms with Gasteiger partial charge in [0, 0.05) is 19.3 Å². The Labute approximate surface area is 113 Å². The smallest absolute Gasteiger partial charge is 0.0471 e. The fourth-order valence-electron chi connectivity index (χ4n) is 3.79. The summed E-state index contributed by atoms with van der Waals surface area (Å²) in [5, 5.41) is 3.86. The Hall–Kier alpha value is -0.0800. The maximum atomic E-state index is 5.55. The first-order chi connectivity index (χ1) is 8.73. The van der Waals surface area contributed by atoms with Gasteiger partial charge >= 0.3 is 0 Å². The second-order valence-corrected chi connectivity index (χ2v) is 6.76. The maximum Gasteiger partial charge on any atom is 0.0471 e. The molecule has 2 fully saturated rings. The van der Waals surface area contributed by atoms with E-state index < -0.39 is 0 Å². The van der Waals surface area contributed by atoms with Gasteiger partial charge in [0.1, 0.15) is 0 Å². The number of nitrogens with one attached hydrogen (secondary N) is 1. The molecule has 2 rings (SSSR count). The molecular formula is C16H31NO. The standard InChI is InChI=1S/C16H31NO/c1-14(2)6-3-4-11-17-15-7-5-8-16(15)9-12-18-13-10-16/h14-15,17H,3-13H2,1-2H3. The second-order valence-electron chi connectivity index (χ2n) is 6.76. The zero-order valence-electron chi connectivity index (χ0n) is 12.3. The molecule has 1 saturated heterocycles. The van der Waals surface area contributed by atoms with Gasteiger partial charge in [-0.3, -0.25) is 0 Å². The molecule has 0 aromatic rings. The van der Waals surface area contributed by atoms with E-state index in [1.165, 1.54) is 57.9 Å². The average Bonchev–Trinajstić information content (AvgIpc) is 2.72. The van der Waals surface area contributed by atoms with Crippen molar-refractivity contribution < 1.29 is 4.74 Å². The maximum absolute atomic E-state index is 5.55. The van der Waals surface area contributed by atoms with Crippen LogP contribution in [0.1, 0.15) is 65.2 Å². The third-order valence-electron chi connectivity index (χ3n) is 4.99. The summed E-state index contributed by atoms with van der Waals surface area (Å²) < 4.78 is 5.55. The van der Waals surface area contributed by atoms with E-state index in [1.807, 2.05) is 0 Å². The van der Waals surface area contributed by atoms with Crippen molar-refractivity contribution in [3.05, 3.63) is 0 Å². The number of hydrogen-bond acceptors (Lipinski definition) is 2. The summed E-state index contributed by atoms with van der Waals surface area (Å²) in [6.07, 6.45) is 10.9. The van der Waals surface area contributed by atoms with Gasteiger partial charge in [-0.25, -0.2) is 0 Å². The normalized spacial score (nSPS) is 27.2. The van der Waals surface area contributed by atoms with E-state index in [9.17, 15) is 0 Å². The minimum absolute atomic E-state index is 0.594. The molecule has 0 aromatic carbocycles. The second kappa shape index (κ2) is 6.91. The van der Waals surface area contributed by atoms with Gasteiger partial charge in [-0.05, 0) is 50.0 Å². The Morgan fingerprint density at radius 1 is 1.17 bits per heavy atom. The molecule has 1 spiro atoms. The Bertz CT molecular complexity index is 233. The summed E-state index contributed by atoms with van der Waals surface area (Å²) >= 11 is 0. The van der Waals surface area contributed by atoms with Gasteiger partial charge in [0.25, 0.3) is 0 Å². The van der Waals surface area contributed by atoms with Crippen LogP contribution in [0.2, 0.25) is 0 Å². The van der Waals surface area contributed by atoms with E-state index in [2.05, 4.69) is 19.2 Å². The highest BCUT2D eigenvalue weighted by molar-refractivity contribution is 4.97. The predicted octanol–water partition coefficient (Wildman–Crippen LogP) is 3.75. The SMILES string of the molecule is CC(C)CCCCNC1CCCC12CCOCC2. The molecule has 0 aromatic heterocycles. The van der Waals surface area contributed by atoms with Crippen molar-refractivity contribution in [3.8, 4) is 0 Å². The molecule has 18 heavy (non-hydrogen) atoms. The molecular weight excluding hydrogens is 222 g/mol. The number of unbranched alkanes of at least 4 members (excludes halogenated alkanes) is 1. The molecule has 1 atom stereocenters. The summed E-state index contributed by atoms with van der Waals surface area (Å²) in [5.74, 6) is 0.860. The lowest BCUT2D eigenvalue weighted by atomic mass is 9.75. The van der Waals surface area contributed by atoms with Gasteiger partial charge in [-0.2, -0.15) is 0 Å². The first kappa shape index (κ1) is 14.3. The van der Waals surface area contributed by atoms with E-state index in [1.54, 1.807) is 0 Å². The van der Waals surface area contributed by atoms with Crippen LogP contribution in [-0.2, 0) is 4.74 Å². The van der Waals surface area contributed by atoms with E-state index in [4.69, 9.17) is 4.74 Å². The minimum atomic E-state index is 0.594. The molecule has 1 heterocycles. The van der Waals surface area contributed by atoms with Crippen LogP contribution in [0.25, 0.3) is 0 Å². The van der Waals surface area contributed by atoms with Gasteiger partial charge in [-0.1, -0.05) is 33.1 Å². The van der Waals surface area contributed by atoms with Crippen LogP contribution < -0.4 is 5.32 Å². The molecule has 1 aliphatic heterocycles. The van der Waals surface area contributed by atoms with Crippen molar-refractivity contribution in [3.63, 3.8) is 0 Å². The van der Waals surface area contributed by atoms with Crippen molar-refractivity contribution in [1.82, 2.24) is 5.32 Å². The van der Waals surface area contributed by atoms with Crippen LogP contribution in [0.4, 0.5) is 0 Å². The van der Waals surface area contributed by atoms with Crippen molar-refractivity contribution in [2.45, 2.75) is 71.3 Å². The van der Waals surface area contributed by atoms with Gasteiger partial charge in [0.2, 0.25) is 0 Å². The molecule has 1 unspecified atom stereocenters. The number of hydrogen-bond donors (Lipinski definition) is 1. The first-order valence-electron chi connectivity index (χ1n) is 8.04. The van der Waals surface area contributed by atoms with Crippen LogP contribution in [0.5, 0.6) is 0 Å². The minimum Gasteiger partial charge on any atom is -0.381 e. The van der Waals surface area contributed by atoms with Crippen LogP contribution in [-0.4, -0.2) is 25.8 Å². The fourth-order valence-corrected chi connectivity index (χ4v) is 3.79. The van der Waals surface area contributed by atoms with E-state index in [-0.39, 0.29) is 0 Å². The Morgan fingerprint density at radius 3 is 2.67 bits per heavy atom. The summed E-state index contributed by atoms with van der Waals surface area (Å²) in [6.45, 7) is 7.85. The van der Waals surface area contributed by atoms with E-state index in [0.717, 1.165) is 25.2 Å². The first-order valence-corrected chi connectivity index (χ1v) is 8.04. The molecule has 0 radical (unpaired) electrons. The average molecular weight is 253 g/mol. The monoisotopic (exact) mass is 253 g/mol. The summed E-state index contributed by atoms with van der Waals surface area (Å²) in [5.41, 5.74) is 0.594. The van der Waals surface area contributed by atoms with Gasteiger partial charge < -0.3 is 10.1 Å². The Balaban J connectivity index is 1.68. The summed E-state index contributed by atoms with van der Waals surface area (Å²) in [7, 11) is 0. The fraction of sp³-hybridized carbons (Fsp3) is 1.00. The Kier molecular flexibility index (Phi) is 5.50. The molecule has 0 amide bonds. The summed E-state index contributed by atoms with van der Waals surface area (Å²) in [4.78, 5) is 0. The zero-order chi connectivity index (χ0) is 12.8. The van der Waals surface area contributed by atoms with E-state index in [0.29, 0.717) is 5.41 Å². The van der Waals surface area contributed by atoms with Crippen LogP contribution in [0.3, 0.4) is 0 Å². The van der Waals surface area contributed by atoms with Gasteiger partial charge in [-0.15, -0.1) is 0 Å². The van der Waals surface area contributed by atoms with Crippen LogP contribution >= 0.6 is 0 Å². The topological polar surface area (TPSA) is 21.3 Å². The molecule has 1 N–H and O–H groups in total. The third kappa shape index (κ3) is 3.71. The molecule has 2 aliphatic rings. The highest BCUT2D eigenvalue weighted by Crippen LogP contribution is 2.45. The largest absolute Gasteiger partial charge is 0.381 e. The predicted molar refractivity (Wildman–Crippen MR) is 76.8 cm³/mol. The molecule has 106 valence electrons. The lowest BCUT2D eigenvalue weighted by molar-refractivity contribution is 0.00444. The summed E-state index contributed by atoms with van der Waals surface area (Å²) in [6, 6.07) is 0.778. The molecule has 1 saturated carbocycles. The van der Waals surface area contributed by atoms with Gasteiger partial charge in [0.15, 0.2) is 0 Å². The highest BCUT2D eigenvalue weighted by atomic mass is 16.5.